The average Bonchev–Trinajstić information content (AvgIpc) is 2.83. The molecule has 0 aliphatic rings. The minimum atomic E-state index is -0.634. The lowest BCUT2D eigenvalue weighted by molar-refractivity contribution is -0.140. The molecule has 0 saturated heterocycles. The average molecular weight is 453 g/mol. The Kier molecular flexibility index (Phi) is 10.4. The van der Waals surface area contributed by atoms with Gasteiger partial charge in [0.15, 0.2) is 0 Å². The Labute approximate surface area is 193 Å². The smallest absolute Gasteiger partial charge is 0.335 e. The first-order valence-corrected chi connectivity index (χ1v) is 10.3. The van der Waals surface area contributed by atoms with Crippen molar-refractivity contribution in [2.75, 3.05) is 33.0 Å². The highest BCUT2D eigenvalue weighted by atomic mass is 16.6. The number of hydrogen-bond acceptors (Lipinski definition) is 7. The number of aliphatic hydroxyl groups excluding tert-OH is 1. The summed E-state index contributed by atoms with van der Waals surface area (Å²) in [4.78, 5) is 22.7. The van der Waals surface area contributed by atoms with Crippen LogP contribution in [0.15, 0.2) is 72.8 Å². The number of carbonyl (C=O) groups is 2. The monoisotopic (exact) mass is 452 g/mol. The fraction of sp³-hybridized carbons (Fsp3) is 0.231. The van der Waals surface area contributed by atoms with Crippen molar-refractivity contribution in [2.45, 2.75) is 6.92 Å². The number of rotatable bonds is 13. The molecule has 2 aromatic carbocycles. The highest BCUT2D eigenvalue weighted by Crippen LogP contribution is 2.17. The standard InChI is InChI=1S/C26H28O7/c1-19(2)25(28)32-16-14-30-23-10-6-21(7-11-23)4-5-22-8-12-24(13-9-22)31-15-17-33-26(29)20(3)18-27/h4-13,27H,1,3,14-18H2,2H3/b5-4+. The zero-order chi connectivity index (χ0) is 24.1. The lowest BCUT2D eigenvalue weighted by atomic mass is 10.1. The van der Waals surface area contributed by atoms with Gasteiger partial charge in [-0.2, -0.15) is 0 Å². The van der Waals surface area contributed by atoms with Crippen LogP contribution < -0.4 is 9.47 Å². The summed E-state index contributed by atoms with van der Waals surface area (Å²) in [6, 6.07) is 15.0. The maximum absolute atomic E-state index is 11.4. The molecule has 7 nitrogen and oxygen atoms in total. The Morgan fingerprint density at radius 1 is 0.758 bits per heavy atom. The quantitative estimate of drug-likeness (QED) is 0.214. The second kappa shape index (κ2) is 13.5. The predicted octanol–water partition coefficient (Wildman–Crippen LogP) is 3.83. The molecule has 2 aromatic rings. The SMILES string of the molecule is C=C(C)C(=O)OCCOc1ccc(/C=C/c2ccc(OCCOC(=O)C(=C)CO)cc2)cc1. The van der Waals surface area contributed by atoms with E-state index in [4.69, 9.17) is 24.1 Å². The fourth-order valence-electron chi connectivity index (χ4n) is 2.42. The van der Waals surface area contributed by atoms with Crippen LogP contribution in [0.2, 0.25) is 0 Å². The van der Waals surface area contributed by atoms with Gasteiger partial charge in [0.05, 0.1) is 12.2 Å². The van der Waals surface area contributed by atoms with E-state index in [1.165, 1.54) is 0 Å². The summed E-state index contributed by atoms with van der Waals surface area (Å²) in [5, 5.41) is 8.80. The molecular weight excluding hydrogens is 424 g/mol. The van der Waals surface area contributed by atoms with E-state index in [0.717, 1.165) is 11.1 Å². The molecule has 0 bridgehead atoms. The molecule has 0 spiro atoms. The summed E-state index contributed by atoms with van der Waals surface area (Å²) in [5.74, 6) is 0.279. The Balaban J connectivity index is 1.73. The van der Waals surface area contributed by atoms with Gasteiger partial charge in [-0.3, -0.25) is 0 Å². The summed E-state index contributed by atoms with van der Waals surface area (Å²) >= 11 is 0. The first-order valence-electron chi connectivity index (χ1n) is 10.3. The Bertz CT molecular complexity index is 973. The van der Waals surface area contributed by atoms with Crippen LogP contribution in [0.4, 0.5) is 0 Å². The molecular formula is C26H28O7. The molecule has 0 radical (unpaired) electrons. The van der Waals surface area contributed by atoms with Crippen LogP contribution in [0, 0.1) is 0 Å². The Morgan fingerprint density at radius 3 is 1.58 bits per heavy atom. The van der Waals surface area contributed by atoms with Gasteiger partial charge in [-0.05, 0) is 42.3 Å². The van der Waals surface area contributed by atoms with Gasteiger partial charge in [-0.25, -0.2) is 9.59 Å². The third kappa shape index (κ3) is 9.45. The van der Waals surface area contributed by atoms with E-state index >= 15 is 0 Å². The van der Waals surface area contributed by atoms with Crippen molar-refractivity contribution in [1.82, 2.24) is 0 Å². The fourth-order valence-corrected chi connectivity index (χ4v) is 2.42. The van der Waals surface area contributed by atoms with Crippen LogP contribution in [-0.2, 0) is 19.1 Å². The van der Waals surface area contributed by atoms with Crippen molar-refractivity contribution >= 4 is 24.1 Å². The normalized spacial score (nSPS) is 10.5. The van der Waals surface area contributed by atoms with Gasteiger partial charge in [-0.15, -0.1) is 0 Å². The zero-order valence-corrected chi connectivity index (χ0v) is 18.6. The molecule has 0 atom stereocenters. The number of aliphatic hydroxyl groups is 1. The molecule has 0 unspecified atom stereocenters. The molecule has 0 aliphatic carbocycles. The zero-order valence-electron chi connectivity index (χ0n) is 18.6. The van der Waals surface area contributed by atoms with Gasteiger partial charge < -0.3 is 24.1 Å². The Morgan fingerprint density at radius 2 is 1.18 bits per heavy atom. The Hall–Kier alpha value is -3.84. The van der Waals surface area contributed by atoms with Gasteiger partial charge in [-0.1, -0.05) is 49.6 Å². The highest BCUT2D eigenvalue weighted by Gasteiger charge is 2.06. The van der Waals surface area contributed by atoms with Crippen molar-refractivity contribution in [3.05, 3.63) is 84.0 Å². The van der Waals surface area contributed by atoms with Crippen LogP contribution >= 0.6 is 0 Å². The third-order valence-electron chi connectivity index (χ3n) is 4.23. The first kappa shape index (κ1) is 25.4. The molecule has 0 fully saturated rings. The van der Waals surface area contributed by atoms with Crippen molar-refractivity contribution in [1.29, 1.82) is 0 Å². The number of carbonyl (C=O) groups excluding carboxylic acids is 2. The van der Waals surface area contributed by atoms with Crippen LogP contribution in [0.25, 0.3) is 12.2 Å². The van der Waals surface area contributed by atoms with Crippen LogP contribution in [-0.4, -0.2) is 50.1 Å². The van der Waals surface area contributed by atoms with E-state index in [9.17, 15) is 9.59 Å². The van der Waals surface area contributed by atoms with Gasteiger partial charge in [0.1, 0.15) is 37.9 Å². The third-order valence-corrected chi connectivity index (χ3v) is 4.23. The number of hydrogen-bond donors (Lipinski definition) is 1. The largest absolute Gasteiger partial charge is 0.490 e. The predicted molar refractivity (Wildman–Crippen MR) is 126 cm³/mol. The number of ether oxygens (including phenoxy) is 4. The molecule has 0 saturated carbocycles. The van der Waals surface area contributed by atoms with Crippen LogP contribution in [0.5, 0.6) is 11.5 Å². The van der Waals surface area contributed by atoms with E-state index < -0.39 is 18.5 Å². The van der Waals surface area contributed by atoms with Crippen molar-refractivity contribution in [3.8, 4) is 11.5 Å². The van der Waals surface area contributed by atoms with Gasteiger partial charge in [0.2, 0.25) is 0 Å². The van der Waals surface area contributed by atoms with Gasteiger partial charge in [0.25, 0.3) is 0 Å². The summed E-state index contributed by atoms with van der Waals surface area (Å²) in [6.07, 6.45) is 3.95. The second-order valence-electron chi connectivity index (χ2n) is 6.98. The molecule has 0 aliphatic heterocycles. The minimum Gasteiger partial charge on any atom is -0.490 e. The maximum atomic E-state index is 11.4. The van der Waals surface area contributed by atoms with E-state index in [1.807, 2.05) is 60.7 Å². The molecule has 0 amide bonds. The summed E-state index contributed by atoms with van der Waals surface area (Å²) in [5.41, 5.74) is 2.36. The minimum absolute atomic E-state index is 0.00918. The topological polar surface area (TPSA) is 91.3 Å². The first-order chi connectivity index (χ1) is 15.9. The number of benzene rings is 2. The van der Waals surface area contributed by atoms with Crippen molar-refractivity contribution in [3.63, 3.8) is 0 Å². The maximum Gasteiger partial charge on any atom is 0.335 e. The molecule has 174 valence electrons. The lowest BCUT2D eigenvalue weighted by Gasteiger charge is -2.08. The molecule has 0 heterocycles. The summed E-state index contributed by atoms with van der Waals surface area (Å²) in [6.45, 7) is 8.78. The molecule has 1 N–H and O–H groups in total. The number of esters is 2. The molecule has 7 heteroatoms. The second-order valence-corrected chi connectivity index (χ2v) is 6.98. The lowest BCUT2D eigenvalue weighted by Crippen LogP contribution is -2.14. The van der Waals surface area contributed by atoms with Crippen molar-refractivity contribution in [2.24, 2.45) is 0 Å². The molecule has 33 heavy (non-hydrogen) atoms. The summed E-state index contributed by atoms with van der Waals surface area (Å²) < 4.78 is 21.0. The van der Waals surface area contributed by atoms with E-state index in [0.29, 0.717) is 17.1 Å². The van der Waals surface area contributed by atoms with E-state index in [2.05, 4.69) is 13.2 Å². The molecule has 0 aromatic heterocycles. The van der Waals surface area contributed by atoms with Gasteiger partial charge in [0, 0.05) is 5.57 Å². The van der Waals surface area contributed by atoms with Crippen LogP contribution in [0.1, 0.15) is 18.1 Å². The van der Waals surface area contributed by atoms with Crippen molar-refractivity contribution < 1.29 is 33.6 Å². The van der Waals surface area contributed by atoms with E-state index in [1.54, 1.807) is 6.92 Å². The van der Waals surface area contributed by atoms with Crippen LogP contribution in [0.3, 0.4) is 0 Å². The molecule has 2 rings (SSSR count). The summed E-state index contributed by atoms with van der Waals surface area (Å²) in [7, 11) is 0. The highest BCUT2D eigenvalue weighted by molar-refractivity contribution is 5.88. The van der Waals surface area contributed by atoms with Gasteiger partial charge >= 0.3 is 11.9 Å². The van der Waals surface area contributed by atoms with E-state index in [-0.39, 0.29) is 32.0 Å².